The summed E-state index contributed by atoms with van der Waals surface area (Å²) in [6, 6.07) is 11.4. The number of hydrogen-bond acceptors (Lipinski definition) is 1. The van der Waals surface area contributed by atoms with Gasteiger partial charge >= 0.3 is 0 Å². The lowest BCUT2D eigenvalue weighted by atomic mass is 10.2. The van der Waals surface area contributed by atoms with Crippen LogP contribution in [0.1, 0.15) is 11.1 Å². The molecule has 0 aliphatic rings. The van der Waals surface area contributed by atoms with Crippen LogP contribution in [0.2, 0.25) is 10.0 Å². The molecule has 0 fully saturated rings. The van der Waals surface area contributed by atoms with Crippen LogP contribution in [0.25, 0.3) is 0 Å². The maximum Gasteiger partial charge on any atom is 0.120 e. The average molecular weight is 425 g/mol. The van der Waals surface area contributed by atoms with Crippen molar-refractivity contribution in [2.75, 3.05) is 0 Å². The van der Waals surface area contributed by atoms with Crippen molar-refractivity contribution in [3.8, 4) is 5.75 Å². The smallest absolute Gasteiger partial charge is 0.120 e. The van der Waals surface area contributed by atoms with E-state index in [0.717, 1.165) is 26.7 Å². The second-order valence-corrected chi connectivity index (χ2v) is 6.15. The molecular formula is C14H10Br2Cl2O. The van der Waals surface area contributed by atoms with Gasteiger partial charge in [0.05, 0.1) is 10.0 Å². The molecule has 2 aromatic rings. The van der Waals surface area contributed by atoms with Gasteiger partial charge < -0.3 is 4.74 Å². The van der Waals surface area contributed by atoms with Crippen LogP contribution in [-0.4, -0.2) is 0 Å². The number of benzene rings is 2. The molecule has 0 saturated carbocycles. The van der Waals surface area contributed by atoms with Crippen LogP contribution in [-0.2, 0) is 11.9 Å². The third kappa shape index (κ3) is 4.12. The van der Waals surface area contributed by atoms with Crippen LogP contribution in [0.15, 0.2) is 40.9 Å². The lowest BCUT2D eigenvalue weighted by Crippen LogP contribution is -1.96. The zero-order valence-electron chi connectivity index (χ0n) is 9.80. The van der Waals surface area contributed by atoms with Crippen molar-refractivity contribution in [2.45, 2.75) is 11.9 Å². The summed E-state index contributed by atoms with van der Waals surface area (Å²) in [4.78, 5) is 0. The highest BCUT2D eigenvalue weighted by Crippen LogP contribution is 2.26. The van der Waals surface area contributed by atoms with Crippen LogP contribution >= 0.6 is 55.1 Å². The Hall–Kier alpha value is -0.220. The van der Waals surface area contributed by atoms with Crippen LogP contribution in [0, 0.1) is 0 Å². The standard InChI is InChI=1S/C14H10Br2Cl2O/c15-7-10-6-11(2-3-12(10)16)19-8-9-1-4-13(17)14(18)5-9/h1-6H,7-8H2. The molecule has 2 rings (SSSR count). The molecule has 0 unspecified atom stereocenters. The molecule has 0 N–H and O–H groups in total. The Morgan fingerprint density at radius 1 is 1.00 bits per heavy atom. The monoisotopic (exact) mass is 422 g/mol. The Bertz CT molecular complexity index is 588. The highest BCUT2D eigenvalue weighted by atomic mass is 79.9. The third-order valence-corrected chi connectivity index (χ3v) is 4.67. The Morgan fingerprint density at radius 3 is 2.47 bits per heavy atom. The molecule has 19 heavy (non-hydrogen) atoms. The molecular weight excluding hydrogens is 415 g/mol. The molecule has 0 spiro atoms. The van der Waals surface area contributed by atoms with Gasteiger partial charge in [-0.2, -0.15) is 0 Å². The van der Waals surface area contributed by atoms with E-state index in [9.17, 15) is 0 Å². The highest BCUT2D eigenvalue weighted by molar-refractivity contribution is 9.10. The summed E-state index contributed by atoms with van der Waals surface area (Å²) >= 11 is 18.8. The normalized spacial score (nSPS) is 10.5. The van der Waals surface area contributed by atoms with Crippen molar-refractivity contribution in [3.63, 3.8) is 0 Å². The predicted octanol–water partition coefficient (Wildman–Crippen LogP) is 6.23. The zero-order valence-corrected chi connectivity index (χ0v) is 14.5. The molecule has 2 aromatic carbocycles. The van der Waals surface area contributed by atoms with Crippen LogP contribution in [0.5, 0.6) is 5.75 Å². The number of alkyl halides is 1. The largest absolute Gasteiger partial charge is 0.489 e. The molecule has 100 valence electrons. The second-order valence-electron chi connectivity index (χ2n) is 3.92. The fraction of sp³-hybridized carbons (Fsp3) is 0.143. The van der Waals surface area contributed by atoms with Crippen LogP contribution in [0.3, 0.4) is 0 Å². The van der Waals surface area contributed by atoms with Crippen molar-refractivity contribution < 1.29 is 4.74 Å². The fourth-order valence-electron chi connectivity index (χ4n) is 1.54. The Morgan fingerprint density at radius 2 is 1.79 bits per heavy atom. The van der Waals surface area contributed by atoms with E-state index in [4.69, 9.17) is 27.9 Å². The molecule has 0 atom stereocenters. The van der Waals surface area contributed by atoms with E-state index in [0.29, 0.717) is 16.7 Å². The molecule has 5 heteroatoms. The summed E-state index contributed by atoms with van der Waals surface area (Å²) in [6.45, 7) is 0.459. The summed E-state index contributed by atoms with van der Waals surface area (Å²) in [5, 5.41) is 1.87. The molecule has 0 amide bonds. The van der Waals surface area contributed by atoms with E-state index in [1.165, 1.54) is 0 Å². The third-order valence-electron chi connectivity index (χ3n) is 2.55. The molecule has 0 bridgehead atoms. The topological polar surface area (TPSA) is 9.23 Å². The Kier molecular flexibility index (Phi) is 5.58. The molecule has 0 saturated heterocycles. The van der Waals surface area contributed by atoms with E-state index in [2.05, 4.69) is 31.9 Å². The van der Waals surface area contributed by atoms with Gasteiger partial charge in [0.25, 0.3) is 0 Å². The van der Waals surface area contributed by atoms with E-state index < -0.39 is 0 Å². The van der Waals surface area contributed by atoms with Crippen molar-refractivity contribution in [1.29, 1.82) is 0 Å². The summed E-state index contributed by atoms with van der Waals surface area (Å²) < 4.78 is 6.80. The summed E-state index contributed by atoms with van der Waals surface area (Å²) in [5.41, 5.74) is 2.13. The molecule has 0 aliphatic heterocycles. The van der Waals surface area contributed by atoms with E-state index in [1.54, 1.807) is 6.07 Å². The fourth-order valence-corrected chi connectivity index (χ4v) is 3.09. The first-order chi connectivity index (χ1) is 9.10. The summed E-state index contributed by atoms with van der Waals surface area (Å²) in [7, 11) is 0. The van der Waals surface area contributed by atoms with E-state index in [-0.39, 0.29) is 0 Å². The first-order valence-corrected chi connectivity index (χ1v) is 8.18. The van der Waals surface area contributed by atoms with Gasteiger partial charge in [0.1, 0.15) is 12.4 Å². The number of ether oxygens (including phenoxy) is 1. The Labute approximate surface area is 139 Å². The maximum atomic E-state index is 5.96. The first kappa shape index (κ1) is 15.2. The summed E-state index contributed by atoms with van der Waals surface area (Å²) in [6.07, 6.45) is 0. The average Bonchev–Trinajstić information content (AvgIpc) is 2.41. The molecule has 0 heterocycles. The molecule has 0 aliphatic carbocycles. The van der Waals surface area contributed by atoms with E-state index in [1.807, 2.05) is 30.3 Å². The van der Waals surface area contributed by atoms with Gasteiger partial charge in [-0.05, 0) is 41.5 Å². The minimum atomic E-state index is 0.459. The highest BCUT2D eigenvalue weighted by Gasteiger charge is 2.03. The molecule has 1 nitrogen and oxygen atoms in total. The summed E-state index contributed by atoms with van der Waals surface area (Å²) in [5.74, 6) is 0.823. The van der Waals surface area contributed by atoms with Gasteiger partial charge in [-0.1, -0.05) is 61.1 Å². The minimum Gasteiger partial charge on any atom is -0.489 e. The van der Waals surface area contributed by atoms with Crippen LogP contribution < -0.4 is 4.74 Å². The number of rotatable bonds is 4. The minimum absolute atomic E-state index is 0.459. The second kappa shape index (κ2) is 6.98. The quantitative estimate of drug-likeness (QED) is 0.528. The van der Waals surface area contributed by atoms with Gasteiger partial charge in [0, 0.05) is 9.80 Å². The lowest BCUT2D eigenvalue weighted by Gasteiger charge is -2.09. The van der Waals surface area contributed by atoms with Crippen LogP contribution in [0.4, 0.5) is 0 Å². The Balaban J connectivity index is 2.07. The van der Waals surface area contributed by atoms with Crippen molar-refractivity contribution in [2.24, 2.45) is 0 Å². The van der Waals surface area contributed by atoms with Gasteiger partial charge in [-0.3, -0.25) is 0 Å². The SMILES string of the molecule is Clc1ccc(COc2ccc(Br)c(CBr)c2)cc1Cl. The van der Waals surface area contributed by atoms with Gasteiger partial charge in [-0.25, -0.2) is 0 Å². The maximum absolute atomic E-state index is 5.96. The predicted molar refractivity (Wildman–Crippen MR) is 87.6 cm³/mol. The van der Waals surface area contributed by atoms with Gasteiger partial charge in [0.15, 0.2) is 0 Å². The first-order valence-electron chi connectivity index (χ1n) is 5.51. The van der Waals surface area contributed by atoms with E-state index >= 15 is 0 Å². The molecule has 0 aromatic heterocycles. The van der Waals surface area contributed by atoms with Crippen molar-refractivity contribution in [3.05, 3.63) is 62.0 Å². The number of halogens is 4. The zero-order chi connectivity index (χ0) is 13.8. The molecule has 0 radical (unpaired) electrons. The van der Waals surface area contributed by atoms with Gasteiger partial charge in [-0.15, -0.1) is 0 Å². The van der Waals surface area contributed by atoms with Gasteiger partial charge in [0.2, 0.25) is 0 Å². The lowest BCUT2D eigenvalue weighted by molar-refractivity contribution is 0.306. The number of hydrogen-bond donors (Lipinski definition) is 0. The van der Waals surface area contributed by atoms with Crippen molar-refractivity contribution >= 4 is 55.1 Å². The van der Waals surface area contributed by atoms with Crippen molar-refractivity contribution in [1.82, 2.24) is 0 Å².